The van der Waals surface area contributed by atoms with Crippen molar-refractivity contribution in [3.05, 3.63) is 23.8 Å². The third-order valence-corrected chi connectivity index (χ3v) is 3.76. The van der Waals surface area contributed by atoms with E-state index in [0.717, 1.165) is 26.1 Å². The summed E-state index contributed by atoms with van der Waals surface area (Å²) < 4.78 is 0. The number of piperazine rings is 1. The van der Waals surface area contributed by atoms with Crippen LogP contribution in [-0.2, 0) is 0 Å². The van der Waals surface area contributed by atoms with Crippen molar-refractivity contribution in [3.63, 3.8) is 0 Å². The van der Waals surface area contributed by atoms with E-state index in [4.69, 9.17) is 11.5 Å². The molecule has 0 aliphatic carbocycles. The average molecular weight is 262 g/mol. The maximum atomic E-state index is 12.5. The van der Waals surface area contributed by atoms with Gasteiger partial charge in [-0.2, -0.15) is 0 Å². The van der Waals surface area contributed by atoms with Gasteiger partial charge in [0, 0.05) is 42.6 Å². The largest absolute Gasteiger partial charge is 0.399 e. The predicted octanol–water partition coefficient (Wildman–Crippen LogP) is 1.02. The monoisotopic (exact) mass is 262 g/mol. The maximum Gasteiger partial charge on any atom is 0.254 e. The van der Waals surface area contributed by atoms with Gasteiger partial charge in [0.1, 0.15) is 0 Å². The van der Waals surface area contributed by atoms with E-state index in [-0.39, 0.29) is 5.91 Å². The molecule has 1 aliphatic heterocycles. The molecule has 19 heavy (non-hydrogen) atoms. The lowest BCUT2D eigenvalue weighted by atomic mass is 10.1. The number of rotatable bonds is 2. The Labute approximate surface area is 114 Å². The second-order valence-electron chi connectivity index (χ2n) is 5.18. The van der Waals surface area contributed by atoms with Gasteiger partial charge in [-0.25, -0.2) is 0 Å². The van der Waals surface area contributed by atoms with Gasteiger partial charge >= 0.3 is 0 Å². The van der Waals surface area contributed by atoms with E-state index >= 15 is 0 Å². The van der Waals surface area contributed by atoms with Gasteiger partial charge in [0.25, 0.3) is 5.91 Å². The Morgan fingerprint density at radius 2 is 1.89 bits per heavy atom. The summed E-state index contributed by atoms with van der Waals surface area (Å²) in [5, 5.41) is 0. The Bertz CT molecular complexity index is 454. The van der Waals surface area contributed by atoms with Gasteiger partial charge in [0.05, 0.1) is 0 Å². The number of amides is 1. The van der Waals surface area contributed by atoms with Crippen molar-refractivity contribution in [2.24, 2.45) is 0 Å². The van der Waals surface area contributed by atoms with Crippen molar-refractivity contribution in [1.82, 2.24) is 9.80 Å². The zero-order chi connectivity index (χ0) is 14.0. The molecule has 1 atom stereocenters. The van der Waals surface area contributed by atoms with Gasteiger partial charge in [0.2, 0.25) is 0 Å². The summed E-state index contributed by atoms with van der Waals surface area (Å²) >= 11 is 0. The lowest BCUT2D eigenvalue weighted by molar-refractivity contribution is 0.0542. The molecular weight excluding hydrogens is 240 g/mol. The van der Waals surface area contributed by atoms with Crippen LogP contribution in [-0.4, -0.2) is 48.4 Å². The van der Waals surface area contributed by atoms with Crippen LogP contribution in [0.15, 0.2) is 18.2 Å². The number of anilines is 2. The zero-order valence-corrected chi connectivity index (χ0v) is 11.6. The first-order chi connectivity index (χ1) is 9.01. The minimum Gasteiger partial charge on any atom is -0.399 e. The first-order valence-corrected chi connectivity index (χ1v) is 6.66. The Kier molecular flexibility index (Phi) is 3.95. The molecule has 0 spiro atoms. The summed E-state index contributed by atoms with van der Waals surface area (Å²) in [5.41, 5.74) is 13.1. The molecule has 0 bridgehead atoms. The zero-order valence-electron chi connectivity index (χ0n) is 11.6. The number of nitrogens with two attached hydrogens (primary N) is 2. The summed E-state index contributed by atoms with van der Waals surface area (Å²) in [6.45, 7) is 4.57. The van der Waals surface area contributed by atoms with Crippen LogP contribution in [0.1, 0.15) is 23.7 Å². The minimum absolute atomic E-state index is 0.0190. The molecule has 104 valence electrons. The molecule has 0 aromatic heterocycles. The maximum absolute atomic E-state index is 12.5. The van der Waals surface area contributed by atoms with Crippen LogP contribution in [0.5, 0.6) is 0 Å². The lowest BCUT2D eigenvalue weighted by Gasteiger charge is -2.39. The number of likely N-dealkylation sites (N-methyl/N-ethyl adjacent to an activating group) is 1. The van der Waals surface area contributed by atoms with Crippen LogP contribution in [0.4, 0.5) is 11.4 Å². The minimum atomic E-state index is 0.0190. The third kappa shape index (κ3) is 2.98. The van der Waals surface area contributed by atoms with Gasteiger partial charge in [-0.3, -0.25) is 9.69 Å². The van der Waals surface area contributed by atoms with Crippen LogP contribution in [0.2, 0.25) is 0 Å². The Morgan fingerprint density at radius 3 is 2.47 bits per heavy atom. The van der Waals surface area contributed by atoms with E-state index < -0.39 is 0 Å². The summed E-state index contributed by atoms with van der Waals surface area (Å²) in [6.07, 6.45) is 1.04. The van der Waals surface area contributed by atoms with Gasteiger partial charge in [-0.1, -0.05) is 6.92 Å². The summed E-state index contributed by atoms with van der Waals surface area (Å²) in [4.78, 5) is 16.7. The molecular formula is C14H22N4O. The highest BCUT2D eigenvalue weighted by Gasteiger charge is 2.26. The molecule has 1 heterocycles. The van der Waals surface area contributed by atoms with Crippen LogP contribution in [0.3, 0.4) is 0 Å². The molecule has 1 aliphatic rings. The fourth-order valence-electron chi connectivity index (χ4n) is 2.55. The van der Waals surface area contributed by atoms with E-state index in [0.29, 0.717) is 23.0 Å². The summed E-state index contributed by atoms with van der Waals surface area (Å²) in [7, 11) is 2.11. The second-order valence-corrected chi connectivity index (χ2v) is 5.18. The fourth-order valence-corrected chi connectivity index (χ4v) is 2.55. The molecule has 1 amide bonds. The number of carbonyl (C=O) groups excluding carboxylic acids is 1. The van der Waals surface area contributed by atoms with E-state index in [9.17, 15) is 4.79 Å². The second kappa shape index (κ2) is 5.48. The van der Waals surface area contributed by atoms with E-state index in [1.807, 2.05) is 4.90 Å². The number of hydrogen-bond donors (Lipinski definition) is 2. The molecule has 4 N–H and O–H groups in total. The highest BCUT2D eigenvalue weighted by atomic mass is 16.2. The van der Waals surface area contributed by atoms with Gasteiger partial charge in [-0.15, -0.1) is 0 Å². The predicted molar refractivity (Wildman–Crippen MR) is 77.9 cm³/mol. The van der Waals surface area contributed by atoms with Crippen molar-refractivity contribution in [1.29, 1.82) is 0 Å². The van der Waals surface area contributed by atoms with Crippen molar-refractivity contribution in [3.8, 4) is 0 Å². The molecule has 5 nitrogen and oxygen atoms in total. The van der Waals surface area contributed by atoms with Gasteiger partial charge in [0.15, 0.2) is 0 Å². The molecule has 1 unspecified atom stereocenters. The molecule has 5 heteroatoms. The molecule has 1 saturated heterocycles. The van der Waals surface area contributed by atoms with E-state index in [2.05, 4.69) is 18.9 Å². The first kappa shape index (κ1) is 13.7. The Morgan fingerprint density at radius 1 is 1.26 bits per heavy atom. The number of hydrogen-bond acceptors (Lipinski definition) is 4. The van der Waals surface area contributed by atoms with Gasteiger partial charge in [-0.05, 0) is 31.7 Å². The number of benzene rings is 1. The Balaban J connectivity index is 2.15. The van der Waals surface area contributed by atoms with Crippen LogP contribution in [0.25, 0.3) is 0 Å². The van der Waals surface area contributed by atoms with E-state index in [1.54, 1.807) is 18.2 Å². The molecule has 1 fully saturated rings. The fraction of sp³-hybridized carbons (Fsp3) is 0.500. The van der Waals surface area contributed by atoms with Crippen molar-refractivity contribution < 1.29 is 4.79 Å². The van der Waals surface area contributed by atoms with Crippen molar-refractivity contribution >= 4 is 17.3 Å². The van der Waals surface area contributed by atoms with Crippen molar-refractivity contribution in [2.75, 3.05) is 38.1 Å². The molecule has 0 radical (unpaired) electrons. The lowest BCUT2D eigenvalue weighted by Crippen LogP contribution is -2.52. The Hall–Kier alpha value is -1.75. The van der Waals surface area contributed by atoms with Crippen LogP contribution >= 0.6 is 0 Å². The smallest absolute Gasteiger partial charge is 0.254 e. The molecule has 1 aromatic rings. The standard InChI is InChI=1S/C14H22N4O/c1-3-13-9-18(5-4-17(13)2)14(19)10-6-11(15)8-12(16)7-10/h6-8,13H,3-5,9,15-16H2,1-2H3. The topological polar surface area (TPSA) is 75.6 Å². The number of nitrogens with zero attached hydrogens (tertiary/aromatic N) is 2. The van der Waals surface area contributed by atoms with Crippen LogP contribution in [0, 0.1) is 0 Å². The highest BCUT2D eigenvalue weighted by molar-refractivity contribution is 5.96. The summed E-state index contributed by atoms with van der Waals surface area (Å²) in [6, 6.07) is 5.47. The average Bonchev–Trinajstić information content (AvgIpc) is 2.37. The van der Waals surface area contributed by atoms with E-state index in [1.165, 1.54) is 0 Å². The summed E-state index contributed by atoms with van der Waals surface area (Å²) in [5.74, 6) is 0.0190. The molecule has 2 rings (SSSR count). The quantitative estimate of drug-likeness (QED) is 0.780. The van der Waals surface area contributed by atoms with Gasteiger partial charge < -0.3 is 16.4 Å². The van der Waals surface area contributed by atoms with Crippen LogP contribution < -0.4 is 11.5 Å². The SMILES string of the molecule is CCC1CN(C(=O)c2cc(N)cc(N)c2)CCN1C. The number of carbonyl (C=O) groups is 1. The molecule has 0 saturated carbocycles. The third-order valence-electron chi connectivity index (χ3n) is 3.76. The molecule has 1 aromatic carbocycles. The number of nitrogen functional groups attached to an aromatic ring is 2. The first-order valence-electron chi connectivity index (χ1n) is 6.66. The highest BCUT2D eigenvalue weighted by Crippen LogP contribution is 2.18. The van der Waals surface area contributed by atoms with Crippen molar-refractivity contribution in [2.45, 2.75) is 19.4 Å². The normalized spacial score (nSPS) is 20.5.